The van der Waals surface area contributed by atoms with Crippen LogP contribution in [0.2, 0.25) is 0 Å². The molecule has 144 valence electrons. The molecule has 5 rings (SSSR count). The van der Waals surface area contributed by atoms with Gasteiger partial charge in [0.2, 0.25) is 6.10 Å². The van der Waals surface area contributed by atoms with Crippen LogP contribution < -0.4 is 14.8 Å². The molecule has 0 aliphatic carbocycles. The Hall–Kier alpha value is -3.80. The van der Waals surface area contributed by atoms with Gasteiger partial charge < -0.3 is 19.8 Å². The van der Waals surface area contributed by atoms with Crippen LogP contribution in [0.1, 0.15) is 17.2 Å². The Bertz CT molecular complexity index is 1160. The summed E-state index contributed by atoms with van der Waals surface area (Å²) in [6.45, 7) is 0.171. The van der Waals surface area contributed by atoms with E-state index in [1.54, 1.807) is 12.4 Å². The first kappa shape index (κ1) is 17.3. The van der Waals surface area contributed by atoms with Gasteiger partial charge in [-0.3, -0.25) is 4.79 Å². The fraction of sp³-hybridized carbons (Fsp3) is 0.130. The summed E-state index contributed by atoms with van der Waals surface area (Å²) in [5.41, 5.74) is 3.74. The summed E-state index contributed by atoms with van der Waals surface area (Å²) < 4.78 is 11.6. The quantitative estimate of drug-likeness (QED) is 0.563. The van der Waals surface area contributed by atoms with E-state index in [4.69, 9.17) is 9.47 Å². The van der Waals surface area contributed by atoms with Crippen molar-refractivity contribution in [1.82, 2.24) is 15.3 Å². The van der Waals surface area contributed by atoms with Gasteiger partial charge in [-0.1, -0.05) is 48.5 Å². The molecule has 2 atom stereocenters. The first-order valence-electron chi connectivity index (χ1n) is 9.45. The van der Waals surface area contributed by atoms with Crippen LogP contribution in [0.3, 0.4) is 0 Å². The van der Waals surface area contributed by atoms with E-state index >= 15 is 0 Å². The molecule has 3 aromatic carbocycles. The zero-order valence-corrected chi connectivity index (χ0v) is 15.5. The van der Waals surface area contributed by atoms with E-state index in [0.717, 1.165) is 22.2 Å². The summed E-state index contributed by atoms with van der Waals surface area (Å²) in [7, 11) is 0. The maximum atomic E-state index is 13.0. The molecule has 2 heterocycles. The molecule has 0 bridgehead atoms. The van der Waals surface area contributed by atoms with Crippen molar-refractivity contribution in [1.29, 1.82) is 0 Å². The van der Waals surface area contributed by atoms with Crippen molar-refractivity contribution >= 4 is 16.9 Å². The van der Waals surface area contributed by atoms with Gasteiger partial charge in [-0.25, -0.2) is 4.98 Å². The minimum atomic E-state index is -0.716. The second-order valence-corrected chi connectivity index (χ2v) is 6.90. The topological polar surface area (TPSA) is 76.2 Å². The van der Waals surface area contributed by atoms with E-state index in [0.29, 0.717) is 11.5 Å². The monoisotopic (exact) mass is 385 g/mol. The van der Waals surface area contributed by atoms with Crippen LogP contribution in [-0.4, -0.2) is 28.6 Å². The summed E-state index contributed by atoms with van der Waals surface area (Å²) in [4.78, 5) is 20.4. The number of nitrogens with one attached hydrogen (secondary N) is 2. The van der Waals surface area contributed by atoms with Crippen LogP contribution in [0.4, 0.5) is 0 Å². The van der Waals surface area contributed by atoms with Gasteiger partial charge in [0, 0.05) is 0 Å². The second kappa shape index (κ2) is 7.31. The van der Waals surface area contributed by atoms with E-state index in [9.17, 15) is 4.79 Å². The highest BCUT2D eigenvalue weighted by Gasteiger charge is 2.29. The maximum Gasteiger partial charge on any atom is 0.265 e. The van der Waals surface area contributed by atoms with Crippen LogP contribution in [-0.2, 0) is 4.79 Å². The number of ether oxygens (including phenoxy) is 2. The molecule has 1 aliphatic rings. The Labute approximate surface area is 167 Å². The first-order chi connectivity index (χ1) is 14.3. The van der Waals surface area contributed by atoms with Gasteiger partial charge in [-0.15, -0.1) is 0 Å². The SMILES string of the molecule is O=C(N[C@H](c1ccccc1)c1ccc2nc[nH]c2c1)[C@@H]1COc2ccccc2O1. The number of aromatic nitrogens is 2. The molecule has 0 fully saturated rings. The summed E-state index contributed by atoms with van der Waals surface area (Å²) in [6.07, 6.45) is 0.946. The number of nitrogens with zero attached hydrogens (tertiary/aromatic N) is 1. The average molecular weight is 385 g/mol. The minimum Gasteiger partial charge on any atom is -0.485 e. The minimum absolute atomic E-state index is 0.171. The van der Waals surface area contributed by atoms with Crippen LogP contribution in [0.15, 0.2) is 79.1 Å². The van der Waals surface area contributed by atoms with E-state index in [1.165, 1.54) is 0 Å². The standard InChI is InChI=1S/C23H19N3O3/c27-23(21-13-28-19-8-4-5-9-20(19)29-21)26-22(15-6-2-1-3-7-15)16-10-11-17-18(12-16)25-14-24-17/h1-12,14,21-22H,13H2,(H,24,25)(H,26,27)/t21-,22+/m0/s1. The second-order valence-electron chi connectivity index (χ2n) is 6.90. The van der Waals surface area contributed by atoms with Gasteiger partial charge in [0.05, 0.1) is 23.4 Å². The number of amides is 1. The average Bonchev–Trinajstić information content (AvgIpc) is 3.25. The van der Waals surface area contributed by atoms with E-state index in [2.05, 4.69) is 15.3 Å². The Morgan fingerprint density at radius 3 is 2.66 bits per heavy atom. The van der Waals surface area contributed by atoms with E-state index < -0.39 is 6.10 Å². The molecule has 29 heavy (non-hydrogen) atoms. The van der Waals surface area contributed by atoms with Gasteiger partial charge >= 0.3 is 0 Å². The van der Waals surface area contributed by atoms with Crippen LogP contribution >= 0.6 is 0 Å². The van der Waals surface area contributed by atoms with Gasteiger partial charge in [0.15, 0.2) is 11.5 Å². The molecule has 1 aromatic heterocycles. The third-order valence-corrected chi connectivity index (χ3v) is 5.00. The van der Waals surface area contributed by atoms with Crippen molar-refractivity contribution in [3.05, 3.63) is 90.3 Å². The molecule has 0 unspecified atom stereocenters. The molecular weight excluding hydrogens is 366 g/mol. The van der Waals surface area contributed by atoms with Crippen LogP contribution in [0.25, 0.3) is 11.0 Å². The van der Waals surface area contributed by atoms with Gasteiger partial charge in [-0.2, -0.15) is 0 Å². The number of hydrogen-bond acceptors (Lipinski definition) is 4. The molecule has 6 nitrogen and oxygen atoms in total. The molecular formula is C23H19N3O3. The Morgan fingerprint density at radius 1 is 1.00 bits per heavy atom. The molecule has 4 aromatic rings. The Kier molecular flexibility index (Phi) is 4.37. The van der Waals surface area contributed by atoms with Crippen molar-refractivity contribution in [2.75, 3.05) is 6.61 Å². The van der Waals surface area contributed by atoms with Crippen LogP contribution in [0.5, 0.6) is 11.5 Å². The first-order valence-corrected chi connectivity index (χ1v) is 9.45. The predicted octanol–water partition coefficient (Wildman–Crippen LogP) is 3.61. The highest BCUT2D eigenvalue weighted by atomic mass is 16.6. The lowest BCUT2D eigenvalue weighted by Crippen LogP contribution is -2.45. The number of fused-ring (bicyclic) bond motifs is 2. The number of rotatable bonds is 4. The number of para-hydroxylation sites is 2. The molecule has 0 spiro atoms. The number of carbonyl (C=O) groups is 1. The molecule has 0 saturated heterocycles. The molecule has 1 amide bonds. The van der Waals surface area contributed by atoms with Crippen molar-refractivity contribution in [2.45, 2.75) is 12.1 Å². The highest BCUT2D eigenvalue weighted by molar-refractivity contribution is 5.83. The van der Waals surface area contributed by atoms with Crippen molar-refractivity contribution in [2.24, 2.45) is 0 Å². The molecule has 6 heteroatoms. The van der Waals surface area contributed by atoms with Gasteiger partial charge in [-0.05, 0) is 35.4 Å². The number of carbonyl (C=O) groups excluding carboxylic acids is 1. The molecule has 0 saturated carbocycles. The number of hydrogen-bond donors (Lipinski definition) is 2. The lowest BCUT2D eigenvalue weighted by Gasteiger charge is -2.28. The van der Waals surface area contributed by atoms with Gasteiger partial charge in [0.1, 0.15) is 6.61 Å². The lowest BCUT2D eigenvalue weighted by molar-refractivity contribution is -0.130. The van der Waals surface area contributed by atoms with E-state index in [-0.39, 0.29) is 18.6 Å². The van der Waals surface area contributed by atoms with Gasteiger partial charge in [0.25, 0.3) is 5.91 Å². The number of H-pyrrole nitrogens is 1. The summed E-state index contributed by atoms with van der Waals surface area (Å²) in [5.74, 6) is 1.01. The smallest absolute Gasteiger partial charge is 0.265 e. The van der Waals surface area contributed by atoms with Crippen molar-refractivity contribution in [3.63, 3.8) is 0 Å². The Balaban J connectivity index is 1.43. The fourth-order valence-corrected chi connectivity index (χ4v) is 3.52. The highest BCUT2D eigenvalue weighted by Crippen LogP contribution is 2.31. The normalized spacial score (nSPS) is 16.3. The zero-order valence-electron chi connectivity index (χ0n) is 15.5. The molecule has 1 aliphatic heterocycles. The van der Waals surface area contributed by atoms with E-state index in [1.807, 2.05) is 66.7 Å². The third kappa shape index (κ3) is 3.40. The predicted molar refractivity (Wildman–Crippen MR) is 109 cm³/mol. The lowest BCUT2D eigenvalue weighted by atomic mass is 9.98. The Morgan fingerprint density at radius 2 is 1.79 bits per heavy atom. The molecule has 2 N–H and O–H groups in total. The summed E-state index contributed by atoms with van der Waals surface area (Å²) >= 11 is 0. The summed E-state index contributed by atoms with van der Waals surface area (Å²) in [5, 5.41) is 3.13. The van der Waals surface area contributed by atoms with Crippen LogP contribution in [0, 0.1) is 0 Å². The number of imidazole rings is 1. The van der Waals surface area contributed by atoms with Crippen molar-refractivity contribution < 1.29 is 14.3 Å². The summed E-state index contributed by atoms with van der Waals surface area (Å²) in [6, 6.07) is 22.8. The fourth-order valence-electron chi connectivity index (χ4n) is 3.52. The maximum absolute atomic E-state index is 13.0. The largest absolute Gasteiger partial charge is 0.485 e. The number of benzene rings is 3. The van der Waals surface area contributed by atoms with Crippen molar-refractivity contribution in [3.8, 4) is 11.5 Å². The third-order valence-electron chi connectivity index (χ3n) is 5.00. The zero-order chi connectivity index (χ0) is 19.6. The number of aromatic amines is 1. The molecule has 0 radical (unpaired) electrons.